The van der Waals surface area contributed by atoms with Gasteiger partial charge in [-0.25, -0.2) is 0 Å². The van der Waals surface area contributed by atoms with Crippen LogP contribution in [-0.2, 0) is 6.42 Å². The van der Waals surface area contributed by atoms with E-state index in [4.69, 9.17) is 5.73 Å². The lowest BCUT2D eigenvalue weighted by Crippen LogP contribution is -2.47. The van der Waals surface area contributed by atoms with E-state index in [-0.39, 0.29) is 0 Å². The van der Waals surface area contributed by atoms with Gasteiger partial charge in [-0.15, -0.1) is 0 Å². The van der Waals surface area contributed by atoms with E-state index in [0.29, 0.717) is 12.0 Å². The molecule has 2 heteroatoms. The number of nitrogens with two attached hydrogens (primary N) is 1. The van der Waals surface area contributed by atoms with Crippen LogP contribution in [0.1, 0.15) is 38.2 Å². The van der Waals surface area contributed by atoms with E-state index in [1.165, 1.54) is 50.9 Å². The van der Waals surface area contributed by atoms with E-state index in [9.17, 15) is 0 Å². The zero-order chi connectivity index (χ0) is 13.5. The smallest absolute Gasteiger partial charge is 0.00915 e. The predicted molar refractivity (Wildman–Crippen MR) is 82.2 cm³/mol. The Kier molecular flexibility index (Phi) is 5.87. The molecule has 1 heterocycles. The lowest BCUT2D eigenvalue weighted by Gasteiger charge is -2.37. The Morgan fingerprint density at radius 1 is 1.26 bits per heavy atom. The zero-order valence-corrected chi connectivity index (χ0v) is 12.2. The molecule has 0 bridgehead atoms. The molecule has 106 valence electrons. The highest BCUT2D eigenvalue weighted by Gasteiger charge is 2.25. The molecule has 1 aromatic rings. The van der Waals surface area contributed by atoms with E-state index < -0.39 is 0 Å². The van der Waals surface area contributed by atoms with Gasteiger partial charge in [0.1, 0.15) is 0 Å². The summed E-state index contributed by atoms with van der Waals surface area (Å²) in [5.74, 6) is 0.712. The first-order valence-electron chi connectivity index (χ1n) is 7.81. The second-order valence-electron chi connectivity index (χ2n) is 5.89. The molecule has 1 aliphatic heterocycles. The Labute approximate surface area is 118 Å². The Balaban J connectivity index is 1.78. The van der Waals surface area contributed by atoms with Crippen LogP contribution in [-0.4, -0.2) is 30.6 Å². The van der Waals surface area contributed by atoms with Crippen molar-refractivity contribution in [2.24, 2.45) is 11.7 Å². The Morgan fingerprint density at radius 2 is 2.05 bits per heavy atom. The molecule has 1 fully saturated rings. The van der Waals surface area contributed by atoms with Crippen molar-refractivity contribution in [2.75, 3.05) is 19.6 Å². The first-order valence-corrected chi connectivity index (χ1v) is 7.81. The van der Waals surface area contributed by atoms with Crippen LogP contribution in [0.25, 0.3) is 0 Å². The quantitative estimate of drug-likeness (QED) is 0.851. The van der Waals surface area contributed by atoms with Crippen molar-refractivity contribution in [2.45, 2.75) is 45.1 Å². The Morgan fingerprint density at radius 3 is 2.79 bits per heavy atom. The average molecular weight is 260 g/mol. The summed E-state index contributed by atoms with van der Waals surface area (Å²) in [4.78, 5) is 2.61. The number of hydrogen-bond acceptors (Lipinski definition) is 2. The summed E-state index contributed by atoms with van der Waals surface area (Å²) < 4.78 is 0. The maximum absolute atomic E-state index is 6.26. The van der Waals surface area contributed by atoms with Crippen LogP contribution in [0.15, 0.2) is 30.3 Å². The number of hydrogen-bond donors (Lipinski definition) is 1. The van der Waals surface area contributed by atoms with Gasteiger partial charge in [0.25, 0.3) is 0 Å². The highest BCUT2D eigenvalue weighted by atomic mass is 15.1. The van der Waals surface area contributed by atoms with E-state index in [0.717, 1.165) is 6.42 Å². The predicted octanol–water partition coefficient (Wildman–Crippen LogP) is 3.07. The third-order valence-corrected chi connectivity index (χ3v) is 4.36. The molecule has 0 amide bonds. The molecule has 2 rings (SSSR count). The maximum Gasteiger partial charge on any atom is 0.00915 e. The molecular formula is C17H28N2. The second kappa shape index (κ2) is 7.66. The number of likely N-dealkylation sites (tertiary alicyclic amines) is 1. The highest BCUT2D eigenvalue weighted by molar-refractivity contribution is 5.14. The normalized spacial score (nSPS) is 24.5. The van der Waals surface area contributed by atoms with Gasteiger partial charge in [-0.2, -0.15) is 0 Å². The summed E-state index contributed by atoms with van der Waals surface area (Å²) >= 11 is 0. The van der Waals surface area contributed by atoms with Crippen LogP contribution in [0.4, 0.5) is 0 Å². The second-order valence-corrected chi connectivity index (χ2v) is 5.89. The van der Waals surface area contributed by atoms with E-state index in [1.54, 1.807) is 0 Å². The minimum Gasteiger partial charge on any atom is -0.327 e. The van der Waals surface area contributed by atoms with Crippen LogP contribution in [0.3, 0.4) is 0 Å². The van der Waals surface area contributed by atoms with Crippen molar-refractivity contribution in [1.29, 1.82) is 0 Å². The zero-order valence-electron chi connectivity index (χ0n) is 12.2. The van der Waals surface area contributed by atoms with Crippen molar-refractivity contribution in [3.05, 3.63) is 35.9 Å². The summed E-state index contributed by atoms with van der Waals surface area (Å²) in [5.41, 5.74) is 7.71. The summed E-state index contributed by atoms with van der Waals surface area (Å²) in [6.07, 6.45) is 6.25. The van der Waals surface area contributed by atoms with Crippen molar-refractivity contribution in [1.82, 2.24) is 4.90 Å². The number of piperidine rings is 1. The van der Waals surface area contributed by atoms with Crippen molar-refractivity contribution in [3.8, 4) is 0 Å². The fourth-order valence-electron chi connectivity index (χ4n) is 3.03. The van der Waals surface area contributed by atoms with Gasteiger partial charge < -0.3 is 10.6 Å². The Hall–Kier alpha value is -0.860. The number of nitrogens with zero attached hydrogens (tertiary/aromatic N) is 1. The van der Waals surface area contributed by atoms with E-state index in [1.807, 2.05) is 0 Å². The van der Waals surface area contributed by atoms with Crippen LogP contribution in [0.2, 0.25) is 0 Å². The topological polar surface area (TPSA) is 29.3 Å². The molecule has 2 atom stereocenters. The first-order chi connectivity index (χ1) is 9.29. The molecule has 0 radical (unpaired) electrons. The summed E-state index contributed by atoms with van der Waals surface area (Å²) in [6.45, 7) is 5.82. The van der Waals surface area contributed by atoms with Gasteiger partial charge >= 0.3 is 0 Å². The molecule has 0 spiro atoms. The first kappa shape index (κ1) is 14.5. The molecule has 2 nitrogen and oxygen atoms in total. The molecule has 1 aliphatic rings. The largest absolute Gasteiger partial charge is 0.327 e. The molecule has 0 aromatic heterocycles. The monoisotopic (exact) mass is 260 g/mol. The van der Waals surface area contributed by atoms with Crippen molar-refractivity contribution in [3.63, 3.8) is 0 Å². The minimum atomic E-state index is 0.430. The summed E-state index contributed by atoms with van der Waals surface area (Å²) in [5, 5.41) is 0. The van der Waals surface area contributed by atoms with E-state index in [2.05, 4.69) is 42.2 Å². The van der Waals surface area contributed by atoms with Gasteiger partial charge in [0.15, 0.2) is 0 Å². The SMILES string of the molecule is CCCC[C@@H]1CN(CCc2ccccc2)CC[C@@H]1N. The van der Waals surface area contributed by atoms with Crippen LogP contribution >= 0.6 is 0 Å². The average Bonchev–Trinajstić information content (AvgIpc) is 2.46. The highest BCUT2D eigenvalue weighted by Crippen LogP contribution is 2.21. The molecule has 0 unspecified atom stereocenters. The molecule has 0 aliphatic carbocycles. The summed E-state index contributed by atoms with van der Waals surface area (Å²) in [6, 6.07) is 11.2. The van der Waals surface area contributed by atoms with Gasteiger partial charge in [-0.3, -0.25) is 0 Å². The van der Waals surface area contributed by atoms with Gasteiger partial charge in [0.2, 0.25) is 0 Å². The van der Waals surface area contributed by atoms with Gasteiger partial charge in [0, 0.05) is 19.1 Å². The third kappa shape index (κ3) is 4.63. The number of rotatable bonds is 6. The maximum atomic E-state index is 6.26. The fraction of sp³-hybridized carbons (Fsp3) is 0.647. The van der Waals surface area contributed by atoms with Gasteiger partial charge in [0.05, 0.1) is 0 Å². The lowest BCUT2D eigenvalue weighted by molar-refractivity contribution is 0.148. The van der Waals surface area contributed by atoms with Crippen LogP contribution in [0.5, 0.6) is 0 Å². The molecule has 1 aromatic carbocycles. The third-order valence-electron chi connectivity index (χ3n) is 4.36. The number of benzene rings is 1. The van der Waals surface area contributed by atoms with Crippen molar-refractivity contribution < 1.29 is 0 Å². The molecule has 19 heavy (non-hydrogen) atoms. The van der Waals surface area contributed by atoms with Crippen molar-refractivity contribution >= 4 is 0 Å². The lowest BCUT2D eigenvalue weighted by atomic mass is 9.88. The van der Waals surface area contributed by atoms with Crippen LogP contribution in [0, 0.1) is 5.92 Å². The minimum absolute atomic E-state index is 0.430. The fourth-order valence-corrected chi connectivity index (χ4v) is 3.03. The molecule has 1 saturated heterocycles. The summed E-state index contributed by atoms with van der Waals surface area (Å²) in [7, 11) is 0. The number of unbranched alkanes of at least 4 members (excludes halogenated alkanes) is 1. The standard InChI is InChI=1S/C17H28N2/c1-2-3-9-16-14-19(13-11-17(16)18)12-10-15-7-5-4-6-8-15/h4-8,16-17H,2-3,9-14,18H2,1H3/t16-,17+/m1/s1. The van der Waals surface area contributed by atoms with E-state index >= 15 is 0 Å². The Bertz CT molecular complexity index is 350. The molecule has 2 N–H and O–H groups in total. The van der Waals surface area contributed by atoms with Crippen LogP contribution < -0.4 is 5.73 Å². The molecule has 0 saturated carbocycles. The van der Waals surface area contributed by atoms with Gasteiger partial charge in [-0.05, 0) is 37.3 Å². The molecular weight excluding hydrogens is 232 g/mol. The van der Waals surface area contributed by atoms with Gasteiger partial charge in [-0.1, -0.05) is 50.1 Å².